The molecule has 186 valence electrons. The number of benzene rings is 2. The molecule has 0 spiro atoms. The second-order valence-corrected chi connectivity index (χ2v) is 8.10. The zero-order chi connectivity index (χ0) is 25.6. The van der Waals surface area contributed by atoms with Crippen molar-refractivity contribution in [3.05, 3.63) is 75.3 Å². The van der Waals surface area contributed by atoms with Gasteiger partial charge in [-0.05, 0) is 43.2 Å². The monoisotopic (exact) mass is 492 g/mol. The fourth-order valence-corrected chi connectivity index (χ4v) is 3.82. The van der Waals surface area contributed by atoms with Crippen LogP contribution in [0.1, 0.15) is 52.0 Å². The standard InChI is InChI=1S/C23H23F3N4O5/c24-23(25,26)16-5-3-4-15(12-16)21(32)27-13-20(31)28-18-6-1-2-7-19(18)29-22(33)14-8-10-17(11-9-14)30(34)35/h3-5,8-12,18-19H,1-2,6-7,13H2,(H,27,32)(H,28,31)(H,29,33). The van der Waals surface area contributed by atoms with E-state index in [4.69, 9.17) is 0 Å². The molecule has 35 heavy (non-hydrogen) atoms. The Bertz CT molecular complexity index is 1110. The number of carbonyl (C=O) groups excluding carboxylic acids is 3. The molecule has 1 aliphatic carbocycles. The number of nitro benzene ring substituents is 1. The highest BCUT2D eigenvalue weighted by atomic mass is 19.4. The van der Waals surface area contributed by atoms with Crippen LogP contribution in [0.2, 0.25) is 0 Å². The van der Waals surface area contributed by atoms with Crippen molar-refractivity contribution in [3.63, 3.8) is 0 Å². The van der Waals surface area contributed by atoms with Gasteiger partial charge < -0.3 is 16.0 Å². The Kier molecular flexibility index (Phi) is 8.05. The Labute approximate surface area is 198 Å². The predicted molar refractivity (Wildman–Crippen MR) is 119 cm³/mol. The summed E-state index contributed by atoms with van der Waals surface area (Å²) >= 11 is 0. The lowest BCUT2D eigenvalue weighted by molar-refractivity contribution is -0.384. The molecule has 0 radical (unpaired) electrons. The third-order valence-corrected chi connectivity index (χ3v) is 5.63. The number of halogens is 3. The van der Waals surface area contributed by atoms with E-state index < -0.39 is 53.0 Å². The molecule has 1 saturated carbocycles. The third-order valence-electron chi connectivity index (χ3n) is 5.63. The van der Waals surface area contributed by atoms with Crippen LogP contribution in [0.15, 0.2) is 48.5 Å². The van der Waals surface area contributed by atoms with Gasteiger partial charge in [0.1, 0.15) is 0 Å². The molecule has 9 nitrogen and oxygen atoms in total. The number of non-ortho nitro benzene ring substituents is 1. The lowest BCUT2D eigenvalue weighted by Crippen LogP contribution is -2.54. The number of nitrogens with one attached hydrogen (secondary N) is 3. The summed E-state index contributed by atoms with van der Waals surface area (Å²) in [4.78, 5) is 47.4. The van der Waals surface area contributed by atoms with Crippen LogP contribution >= 0.6 is 0 Å². The molecule has 0 aliphatic heterocycles. The fraction of sp³-hybridized carbons (Fsp3) is 0.348. The molecule has 2 atom stereocenters. The first-order chi connectivity index (χ1) is 16.5. The summed E-state index contributed by atoms with van der Waals surface area (Å²) in [5.74, 6) is -1.81. The van der Waals surface area contributed by atoms with E-state index in [0.717, 1.165) is 25.0 Å². The lowest BCUT2D eigenvalue weighted by Gasteiger charge is -2.32. The Hall–Kier alpha value is -3.96. The van der Waals surface area contributed by atoms with Crippen molar-refractivity contribution in [2.75, 3.05) is 6.54 Å². The molecule has 3 N–H and O–H groups in total. The van der Waals surface area contributed by atoms with Gasteiger partial charge in [0.25, 0.3) is 17.5 Å². The SMILES string of the molecule is O=C(CNC(=O)c1cccc(C(F)(F)F)c1)NC1CCCCC1NC(=O)c1ccc([N+](=O)[O-])cc1. The number of nitro groups is 1. The van der Waals surface area contributed by atoms with Crippen molar-refractivity contribution < 1.29 is 32.5 Å². The van der Waals surface area contributed by atoms with Gasteiger partial charge in [0, 0.05) is 35.3 Å². The summed E-state index contributed by atoms with van der Waals surface area (Å²) in [5, 5.41) is 18.7. The quantitative estimate of drug-likeness (QED) is 0.404. The molecule has 3 amide bonds. The van der Waals surface area contributed by atoms with E-state index in [2.05, 4.69) is 16.0 Å². The lowest BCUT2D eigenvalue weighted by atomic mass is 9.90. The minimum absolute atomic E-state index is 0.142. The third kappa shape index (κ3) is 7.01. The minimum Gasteiger partial charge on any atom is -0.350 e. The summed E-state index contributed by atoms with van der Waals surface area (Å²) in [6, 6.07) is 8.20. The van der Waals surface area contributed by atoms with E-state index in [1.54, 1.807) is 0 Å². The van der Waals surface area contributed by atoms with Crippen molar-refractivity contribution in [1.29, 1.82) is 0 Å². The van der Waals surface area contributed by atoms with Crippen LogP contribution in [0, 0.1) is 10.1 Å². The highest BCUT2D eigenvalue weighted by Gasteiger charge is 2.31. The van der Waals surface area contributed by atoms with Gasteiger partial charge >= 0.3 is 6.18 Å². The molecule has 1 fully saturated rings. The zero-order valence-electron chi connectivity index (χ0n) is 18.4. The maximum Gasteiger partial charge on any atom is 0.416 e. The van der Waals surface area contributed by atoms with Crippen LogP contribution in [-0.4, -0.2) is 41.3 Å². The highest BCUT2D eigenvalue weighted by Crippen LogP contribution is 2.29. The van der Waals surface area contributed by atoms with Crippen LogP contribution in [0.25, 0.3) is 0 Å². The number of hydrogen-bond acceptors (Lipinski definition) is 5. The largest absolute Gasteiger partial charge is 0.416 e. The molecule has 1 aliphatic rings. The first kappa shape index (κ1) is 25.7. The molecule has 0 saturated heterocycles. The van der Waals surface area contributed by atoms with Crippen LogP contribution in [0.5, 0.6) is 0 Å². The van der Waals surface area contributed by atoms with Gasteiger partial charge in [-0.25, -0.2) is 0 Å². The molecule has 12 heteroatoms. The van der Waals surface area contributed by atoms with Gasteiger partial charge in [-0.2, -0.15) is 13.2 Å². The van der Waals surface area contributed by atoms with Crippen LogP contribution < -0.4 is 16.0 Å². The highest BCUT2D eigenvalue weighted by molar-refractivity contribution is 5.97. The molecule has 2 aromatic carbocycles. The van der Waals surface area contributed by atoms with Gasteiger partial charge in [-0.3, -0.25) is 24.5 Å². The van der Waals surface area contributed by atoms with Crippen LogP contribution in [-0.2, 0) is 11.0 Å². The maximum absolute atomic E-state index is 12.8. The molecular formula is C23H23F3N4O5. The van der Waals surface area contributed by atoms with Crippen molar-refractivity contribution in [1.82, 2.24) is 16.0 Å². The van der Waals surface area contributed by atoms with Gasteiger partial charge in [-0.1, -0.05) is 18.9 Å². The summed E-state index contributed by atoms with van der Waals surface area (Å²) < 4.78 is 38.5. The van der Waals surface area contributed by atoms with E-state index in [1.165, 1.54) is 30.3 Å². The first-order valence-electron chi connectivity index (χ1n) is 10.8. The zero-order valence-corrected chi connectivity index (χ0v) is 18.4. The van der Waals surface area contributed by atoms with E-state index in [-0.39, 0.29) is 16.8 Å². The number of alkyl halides is 3. The van der Waals surface area contributed by atoms with Crippen molar-refractivity contribution in [2.24, 2.45) is 0 Å². The maximum atomic E-state index is 12.8. The number of amides is 3. The topological polar surface area (TPSA) is 130 Å². The number of hydrogen-bond donors (Lipinski definition) is 3. The van der Waals surface area contributed by atoms with E-state index in [1.807, 2.05) is 0 Å². The van der Waals surface area contributed by atoms with Gasteiger partial charge in [0.15, 0.2) is 0 Å². The Morgan fingerprint density at radius 3 is 2.14 bits per heavy atom. The second-order valence-electron chi connectivity index (χ2n) is 8.10. The molecule has 2 unspecified atom stereocenters. The Morgan fingerprint density at radius 2 is 1.54 bits per heavy atom. The fourth-order valence-electron chi connectivity index (χ4n) is 3.82. The summed E-state index contributed by atoms with van der Waals surface area (Å²) in [5.41, 5.74) is -1.10. The van der Waals surface area contributed by atoms with Crippen LogP contribution in [0.3, 0.4) is 0 Å². The summed E-state index contributed by atoms with van der Waals surface area (Å²) in [6.07, 6.45) is -1.78. The number of nitrogens with zero attached hydrogens (tertiary/aromatic N) is 1. The Balaban J connectivity index is 1.55. The van der Waals surface area contributed by atoms with Gasteiger partial charge in [-0.15, -0.1) is 0 Å². The predicted octanol–water partition coefficient (Wildman–Crippen LogP) is 3.20. The Morgan fingerprint density at radius 1 is 0.914 bits per heavy atom. The normalized spacial score (nSPS) is 17.8. The number of rotatable bonds is 7. The molecule has 2 aromatic rings. The smallest absolute Gasteiger partial charge is 0.350 e. The minimum atomic E-state index is -4.59. The molecule has 0 bridgehead atoms. The van der Waals surface area contributed by atoms with Gasteiger partial charge in [0.05, 0.1) is 17.0 Å². The average molecular weight is 492 g/mol. The van der Waals surface area contributed by atoms with Crippen molar-refractivity contribution in [2.45, 2.75) is 43.9 Å². The van der Waals surface area contributed by atoms with Gasteiger partial charge in [0.2, 0.25) is 5.91 Å². The molecule has 0 heterocycles. The molecule has 0 aromatic heterocycles. The van der Waals surface area contributed by atoms with Crippen molar-refractivity contribution in [3.8, 4) is 0 Å². The first-order valence-corrected chi connectivity index (χ1v) is 10.8. The molecular weight excluding hydrogens is 469 g/mol. The number of carbonyl (C=O) groups is 3. The second kappa shape index (κ2) is 11.0. The van der Waals surface area contributed by atoms with E-state index in [0.29, 0.717) is 18.9 Å². The summed E-state index contributed by atoms with van der Waals surface area (Å²) in [7, 11) is 0. The van der Waals surface area contributed by atoms with E-state index >= 15 is 0 Å². The van der Waals surface area contributed by atoms with Crippen LogP contribution in [0.4, 0.5) is 18.9 Å². The average Bonchev–Trinajstić information content (AvgIpc) is 2.83. The molecule has 3 rings (SSSR count). The van der Waals surface area contributed by atoms with Crippen molar-refractivity contribution >= 4 is 23.4 Å². The van der Waals surface area contributed by atoms with E-state index in [9.17, 15) is 37.7 Å². The summed E-state index contributed by atoms with van der Waals surface area (Å²) in [6.45, 7) is -0.450.